The Kier molecular flexibility index (Phi) is 5.14. The smallest absolute Gasteiger partial charge is 0.336 e. The average molecular weight is 350 g/mol. The Hall–Kier alpha value is -2.54. The van der Waals surface area contributed by atoms with Crippen LogP contribution in [0.4, 0.5) is 0 Å². The molecular weight excluding hydrogens is 332 g/mol. The lowest BCUT2D eigenvalue weighted by molar-refractivity contribution is 0.0695. The van der Waals surface area contributed by atoms with Crippen LogP contribution in [0.25, 0.3) is 0 Å². The van der Waals surface area contributed by atoms with Crippen LogP contribution in [0.2, 0.25) is 0 Å². The second kappa shape index (κ2) is 6.92. The minimum absolute atomic E-state index is 0.0506. The fourth-order valence-corrected chi connectivity index (χ4v) is 3.08. The fourth-order valence-electron chi connectivity index (χ4n) is 2.28. The van der Waals surface area contributed by atoms with Gasteiger partial charge in [-0.25, -0.2) is 13.2 Å². The molecule has 0 bridgehead atoms. The number of para-hydroxylation sites is 2. The van der Waals surface area contributed by atoms with E-state index in [9.17, 15) is 18.3 Å². The summed E-state index contributed by atoms with van der Waals surface area (Å²) in [4.78, 5) is 11.2. The van der Waals surface area contributed by atoms with Crippen molar-refractivity contribution in [3.63, 3.8) is 0 Å². The van der Waals surface area contributed by atoms with E-state index in [2.05, 4.69) is 0 Å². The maximum Gasteiger partial charge on any atom is 0.336 e. The van der Waals surface area contributed by atoms with E-state index in [4.69, 9.17) is 9.47 Å². The number of hydrogen-bond donors (Lipinski definition) is 1. The van der Waals surface area contributed by atoms with Gasteiger partial charge in [-0.1, -0.05) is 19.1 Å². The van der Waals surface area contributed by atoms with Crippen molar-refractivity contribution in [3.8, 4) is 17.2 Å². The zero-order valence-corrected chi connectivity index (χ0v) is 14.4. The van der Waals surface area contributed by atoms with Crippen LogP contribution < -0.4 is 9.47 Å². The number of carboxylic acids is 1. The normalized spacial score (nSPS) is 11.1. The summed E-state index contributed by atoms with van der Waals surface area (Å²) in [5, 5.41) is 9.29. The quantitative estimate of drug-likeness (QED) is 0.861. The molecule has 128 valence electrons. The van der Waals surface area contributed by atoms with Crippen molar-refractivity contribution < 1.29 is 27.8 Å². The Labute approximate surface area is 140 Å². The van der Waals surface area contributed by atoms with E-state index in [1.807, 2.05) is 0 Å². The van der Waals surface area contributed by atoms with E-state index in [0.29, 0.717) is 23.5 Å². The number of rotatable bonds is 6. The van der Waals surface area contributed by atoms with Crippen LogP contribution in [0.3, 0.4) is 0 Å². The van der Waals surface area contributed by atoms with Crippen LogP contribution in [0.5, 0.6) is 17.2 Å². The summed E-state index contributed by atoms with van der Waals surface area (Å²) < 4.78 is 35.1. The summed E-state index contributed by atoms with van der Waals surface area (Å²) in [7, 11) is -2.21. The average Bonchev–Trinajstić information content (AvgIpc) is 2.53. The van der Waals surface area contributed by atoms with Crippen LogP contribution in [0.1, 0.15) is 22.8 Å². The molecule has 2 aromatic rings. The maximum absolute atomic E-state index is 12.1. The number of aryl methyl sites for hydroxylation is 1. The van der Waals surface area contributed by atoms with Crippen molar-refractivity contribution in [2.45, 2.75) is 18.2 Å². The van der Waals surface area contributed by atoms with E-state index >= 15 is 0 Å². The molecule has 0 radical (unpaired) electrons. The van der Waals surface area contributed by atoms with Gasteiger partial charge in [0, 0.05) is 6.26 Å². The third-order valence-corrected chi connectivity index (χ3v) is 4.59. The number of carbonyl (C=O) groups is 1. The minimum Gasteiger partial charge on any atom is -0.493 e. The summed E-state index contributed by atoms with van der Waals surface area (Å²) in [6.45, 7) is 1.79. The first kappa shape index (κ1) is 17.8. The highest BCUT2D eigenvalue weighted by atomic mass is 32.2. The fraction of sp³-hybridized carbons (Fsp3) is 0.235. The molecule has 0 spiro atoms. The zero-order valence-electron chi connectivity index (χ0n) is 13.6. The van der Waals surface area contributed by atoms with E-state index in [1.165, 1.54) is 13.2 Å². The molecule has 0 fully saturated rings. The topological polar surface area (TPSA) is 89.9 Å². The second-order valence-electron chi connectivity index (χ2n) is 5.14. The monoisotopic (exact) mass is 350 g/mol. The van der Waals surface area contributed by atoms with Crippen LogP contribution >= 0.6 is 0 Å². The summed E-state index contributed by atoms with van der Waals surface area (Å²) in [5.74, 6) is -0.322. The molecule has 0 aliphatic carbocycles. The third-order valence-electron chi connectivity index (χ3n) is 3.47. The van der Waals surface area contributed by atoms with Crippen LogP contribution in [-0.2, 0) is 16.3 Å². The number of benzene rings is 2. The number of carboxylic acid groups (broad SMARTS) is 1. The Morgan fingerprint density at radius 1 is 1.12 bits per heavy atom. The van der Waals surface area contributed by atoms with Gasteiger partial charge in [0.2, 0.25) is 0 Å². The maximum atomic E-state index is 12.1. The molecular formula is C17H18O6S. The molecule has 6 nitrogen and oxygen atoms in total. The minimum atomic E-state index is -3.68. The molecule has 1 N–H and O–H groups in total. The van der Waals surface area contributed by atoms with Gasteiger partial charge in [-0.05, 0) is 36.2 Å². The van der Waals surface area contributed by atoms with Crippen LogP contribution in [0.15, 0.2) is 41.3 Å². The van der Waals surface area contributed by atoms with Gasteiger partial charge in [0.05, 0.1) is 12.7 Å². The number of methoxy groups -OCH3 is 1. The number of hydrogen-bond acceptors (Lipinski definition) is 5. The van der Waals surface area contributed by atoms with Crippen molar-refractivity contribution in [2.24, 2.45) is 0 Å². The van der Waals surface area contributed by atoms with E-state index < -0.39 is 15.8 Å². The molecule has 0 saturated carbocycles. The van der Waals surface area contributed by atoms with Gasteiger partial charge in [0.15, 0.2) is 21.3 Å². The second-order valence-corrected chi connectivity index (χ2v) is 7.12. The van der Waals surface area contributed by atoms with Crippen molar-refractivity contribution in [1.29, 1.82) is 0 Å². The number of sulfone groups is 1. The lowest BCUT2D eigenvalue weighted by Crippen LogP contribution is -2.08. The van der Waals surface area contributed by atoms with E-state index in [-0.39, 0.29) is 16.2 Å². The molecule has 2 aromatic carbocycles. The molecule has 0 aliphatic rings. The summed E-state index contributed by atoms with van der Waals surface area (Å²) in [6, 6.07) is 9.40. The largest absolute Gasteiger partial charge is 0.493 e. The number of aromatic carboxylic acids is 1. The van der Waals surface area contributed by atoms with Crippen molar-refractivity contribution in [2.75, 3.05) is 13.4 Å². The highest BCUT2D eigenvalue weighted by Crippen LogP contribution is 2.36. The molecule has 0 aromatic heterocycles. The SMILES string of the molecule is CCc1cc(Oc2ccccc2OC)c(S(C)(=O)=O)cc1C(=O)O. The van der Waals surface area contributed by atoms with Gasteiger partial charge in [0.1, 0.15) is 10.6 Å². The molecule has 0 saturated heterocycles. The predicted octanol–water partition coefficient (Wildman–Crippen LogP) is 3.15. The van der Waals surface area contributed by atoms with Gasteiger partial charge in [-0.15, -0.1) is 0 Å². The van der Waals surface area contributed by atoms with Gasteiger partial charge < -0.3 is 14.6 Å². The lowest BCUT2D eigenvalue weighted by Gasteiger charge is -2.15. The highest BCUT2D eigenvalue weighted by Gasteiger charge is 2.22. The zero-order chi connectivity index (χ0) is 17.9. The molecule has 2 rings (SSSR count). The summed E-state index contributed by atoms with van der Waals surface area (Å²) in [5.41, 5.74) is 0.435. The van der Waals surface area contributed by atoms with E-state index in [1.54, 1.807) is 31.2 Å². The van der Waals surface area contributed by atoms with Crippen molar-refractivity contribution in [3.05, 3.63) is 47.5 Å². The highest BCUT2D eigenvalue weighted by molar-refractivity contribution is 7.90. The number of ether oxygens (including phenoxy) is 2. The standard InChI is InChI=1S/C17H18O6S/c1-4-11-9-15(23-14-8-6-5-7-13(14)22-2)16(24(3,20)21)10-12(11)17(18)19/h5-10H,4H2,1-3H3,(H,18,19). The first-order valence-corrected chi connectivity index (χ1v) is 9.08. The Morgan fingerprint density at radius 3 is 2.25 bits per heavy atom. The van der Waals surface area contributed by atoms with Crippen molar-refractivity contribution in [1.82, 2.24) is 0 Å². The molecule has 7 heteroatoms. The van der Waals surface area contributed by atoms with E-state index in [0.717, 1.165) is 12.3 Å². The molecule has 0 unspecified atom stereocenters. The Bertz CT molecular complexity index is 871. The van der Waals surface area contributed by atoms with Crippen LogP contribution in [-0.4, -0.2) is 32.9 Å². The summed E-state index contributed by atoms with van der Waals surface area (Å²) >= 11 is 0. The summed E-state index contributed by atoms with van der Waals surface area (Å²) in [6.07, 6.45) is 1.43. The van der Waals surface area contributed by atoms with Crippen LogP contribution in [0, 0.1) is 0 Å². The Balaban J connectivity index is 2.66. The third kappa shape index (κ3) is 3.68. The Morgan fingerprint density at radius 2 is 1.75 bits per heavy atom. The molecule has 0 atom stereocenters. The van der Waals surface area contributed by atoms with Gasteiger partial charge in [-0.2, -0.15) is 0 Å². The van der Waals surface area contributed by atoms with Crippen molar-refractivity contribution >= 4 is 15.8 Å². The van der Waals surface area contributed by atoms with Gasteiger partial charge >= 0.3 is 5.97 Å². The molecule has 0 aliphatic heterocycles. The predicted molar refractivity (Wildman–Crippen MR) is 89.0 cm³/mol. The molecule has 0 heterocycles. The van der Waals surface area contributed by atoms with Gasteiger partial charge in [-0.3, -0.25) is 0 Å². The molecule has 24 heavy (non-hydrogen) atoms. The lowest BCUT2D eigenvalue weighted by atomic mass is 10.0. The first-order chi connectivity index (χ1) is 11.3. The first-order valence-electron chi connectivity index (χ1n) is 7.19. The molecule has 0 amide bonds. The van der Waals surface area contributed by atoms with Gasteiger partial charge in [0.25, 0.3) is 0 Å².